The predicted octanol–water partition coefficient (Wildman–Crippen LogP) is 2.44. The maximum Gasteiger partial charge on any atom is 0.316 e. The van der Waals surface area contributed by atoms with Crippen LogP contribution in [0.15, 0.2) is 24.3 Å². The van der Waals surface area contributed by atoms with E-state index in [1.54, 1.807) is 0 Å². The zero-order valence-corrected chi connectivity index (χ0v) is 16.4. The van der Waals surface area contributed by atoms with Gasteiger partial charge in [-0.1, -0.05) is 18.2 Å². The molecule has 144 valence electrons. The van der Waals surface area contributed by atoms with E-state index in [0.717, 1.165) is 19.4 Å². The maximum absolute atomic E-state index is 12.5. The number of carbonyl (C=O) groups excluding carboxylic acids is 1. The highest BCUT2D eigenvalue weighted by atomic mass is 16.6. The molecule has 0 saturated carbocycles. The molecule has 0 amide bonds. The van der Waals surface area contributed by atoms with Crippen molar-refractivity contribution in [3.8, 4) is 11.5 Å². The topological polar surface area (TPSA) is 59.0 Å². The van der Waals surface area contributed by atoms with Crippen LogP contribution >= 0.6 is 0 Å². The first-order valence-electron chi connectivity index (χ1n) is 9.85. The molecule has 0 radical (unpaired) electrons. The number of hydrogen-bond donors (Lipinski definition) is 1. The van der Waals surface area contributed by atoms with E-state index in [4.69, 9.17) is 9.47 Å². The van der Waals surface area contributed by atoms with Gasteiger partial charge in [0.1, 0.15) is 12.2 Å². The Kier molecular flexibility index (Phi) is 3.43. The molecule has 2 aliphatic carbocycles. The van der Waals surface area contributed by atoms with Crippen LogP contribution < -0.4 is 9.47 Å². The van der Waals surface area contributed by atoms with Gasteiger partial charge in [-0.05, 0) is 58.8 Å². The molecule has 1 spiro atoms. The number of ether oxygens (including phenoxy) is 2. The SMILES string of the molecule is CN1CCC23c4c5ccc(OC(=O)C(C)(C)C)c4OC2C(O)C=CC3C1C5. The Bertz CT molecular complexity index is 855. The van der Waals surface area contributed by atoms with Crippen molar-refractivity contribution < 1.29 is 19.4 Å². The molecule has 4 aliphatic rings. The van der Waals surface area contributed by atoms with Gasteiger partial charge in [0.15, 0.2) is 11.5 Å². The van der Waals surface area contributed by atoms with Crippen LogP contribution in [0.2, 0.25) is 0 Å². The van der Waals surface area contributed by atoms with Gasteiger partial charge in [0, 0.05) is 22.9 Å². The summed E-state index contributed by atoms with van der Waals surface area (Å²) >= 11 is 0. The third kappa shape index (κ3) is 2.15. The van der Waals surface area contributed by atoms with Crippen LogP contribution in [0.1, 0.15) is 38.3 Å². The smallest absolute Gasteiger partial charge is 0.316 e. The fourth-order valence-electron chi connectivity index (χ4n) is 5.56. The Labute approximate surface area is 160 Å². The van der Waals surface area contributed by atoms with Crippen molar-refractivity contribution in [2.24, 2.45) is 11.3 Å². The van der Waals surface area contributed by atoms with Gasteiger partial charge in [-0.3, -0.25) is 4.79 Å². The second kappa shape index (κ2) is 5.36. The van der Waals surface area contributed by atoms with Gasteiger partial charge in [0.05, 0.1) is 5.41 Å². The van der Waals surface area contributed by atoms with E-state index >= 15 is 0 Å². The van der Waals surface area contributed by atoms with Crippen LogP contribution in [0.5, 0.6) is 11.5 Å². The minimum atomic E-state index is -0.644. The second-order valence-corrected chi connectivity index (χ2v) is 9.55. The highest BCUT2D eigenvalue weighted by molar-refractivity contribution is 5.79. The van der Waals surface area contributed by atoms with Gasteiger partial charge in [-0.2, -0.15) is 0 Å². The number of hydrogen-bond acceptors (Lipinski definition) is 5. The van der Waals surface area contributed by atoms with E-state index in [1.807, 2.05) is 32.9 Å². The normalized spacial score (nSPS) is 36.2. The standard InChI is InChI=1S/C22H27NO4/c1-21(2,3)20(25)26-16-8-5-12-11-14-13-6-7-15(24)19-22(13,9-10-23(14)4)17(12)18(16)27-19/h5-8,13-15,19,24H,9-11H2,1-4H3. The van der Waals surface area contributed by atoms with Crippen LogP contribution in [-0.4, -0.2) is 47.8 Å². The fourth-order valence-corrected chi connectivity index (χ4v) is 5.56. The van der Waals surface area contributed by atoms with Crippen LogP contribution in [0, 0.1) is 11.3 Å². The average Bonchev–Trinajstić information content (AvgIpc) is 2.96. The number of benzene rings is 1. The lowest BCUT2D eigenvalue weighted by molar-refractivity contribution is -0.143. The van der Waals surface area contributed by atoms with Crippen LogP contribution in [0.3, 0.4) is 0 Å². The van der Waals surface area contributed by atoms with Crippen molar-refractivity contribution in [2.75, 3.05) is 13.6 Å². The number of nitrogens with zero attached hydrogens (tertiary/aromatic N) is 1. The predicted molar refractivity (Wildman–Crippen MR) is 101 cm³/mol. The van der Waals surface area contributed by atoms with Crippen molar-refractivity contribution in [3.05, 3.63) is 35.4 Å². The molecule has 1 aromatic carbocycles. The number of likely N-dealkylation sites (tertiary alicyclic amines) is 1. The third-order valence-electron chi connectivity index (χ3n) is 6.95. The highest BCUT2D eigenvalue weighted by Crippen LogP contribution is 2.62. The molecule has 1 saturated heterocycles. The Balaban J connectivity index is 1.67. The second-order valence-electron chi connectivity index (χ2n) is 9.55. The van der Waals surface area contributed by atoms with Gasteiger partial charge >= 0.3 is 5.97 Å². The van der Waals surface area contributed by atoms with Gasteiger partial charge in [0.25, 0.3) is 0 Å². The zero-order chi connectivity index (χ0) is 19.1. The molecule has 1 N–H and O–H groups in total. The van der Waals surface area contributed by atoms with Crippen molar-refractivity contribution >= 4 is 5.97 Å². The zero-order valence-electron chi connectivity index (χ0n) is 16.4. The van der Waals surface area contributed by atoms with Gasteiger partial charge in [-0.25, -0.2) is 0 Å². The lowest BCUT2D eigenvalue weighted by Gasteiger charge is -2.56. The number of esters is 1. The minimum absolute atomic E-state index is 0.224. The molecule has 0 aromatic heterocycles. The van der Waals surface area contributed by atoms with Crippen LogP contribution in [0.4, 0.5) is 0 Å². The van der Waals surface area contributed by atoms with Crippen molar-refractivity contribution in [1.29, 1.82) is 0 Å². The number of likely N-dealkylation sites (N-methyl/N-ethyl adjacent to an activating group) is 1. The van der Waals surface area contributed by atoms with Crippen molar-refractivity contribution in [1.82, 2.24) is 4.90 Å². The van der Waals surface area contributed by atoms with E-state index in [-0.39, 0.29) is 17.5 Å². The molecule has 1 aromatic rings. The molecule has 5 atom stereocenters. The molecular formula is C22H27NO4. The van der Waals surface area contributed by atoms with Crippen molar-refractivity contribution in [3.63, 3.8) is 0 Å². The van der Waals surface area contributed by atoms with Crippen molar-refractivity contribution in [2.45, 2.75) is 57.3 Å². The van der Waals surface area contributed by atoms with E-state index in [1.165, 1.54) is 11.1 Å². The van der Waals surface area contributed by atoms with Gasteiger partial charge < -0.3 is 19.5 Å². The summed E-state index contributed by atoms with van der Waals surface area (Å²) in [5.74, 6) is 1.19. The quantitative estimate of drug-likeness (QED) is 0.468. The molecule has 5 nitrogen and oxygen atoms in total. The number of piperidine rings is 1. The summed E-state index contributed by atoms with van der Waals surface area (Å²) in [5, 5.41) is 10.7. The molecule has 27 heavy (non-hydrogen) atoms. The Morgan fingerprint density at radius 3 is 2.85 bits per heavy atom. The first kappa shape index (κ1) is 17.3. The molecular weight excluding hydrogens is 342 g/mol. The molecule has 5 heteroatoms. The number of aliphatic hydroxyl groups excluding tert-OH is 1. The molecule has 5 rings (SSSR count). The first-order chi connectivity index (χ1) is 12.7. The minimum Gasteiger partial charge on any atom is -0.482 e. The summed E-state index contributed by atoms with van der Waals surface area (Å²) in [5.41, 5.74) is 1.62. The summed E-state index contributed by atoms with van der Waals surface area (Å²) in [4.78, 5) is 14.9. The highest BCUT2D eigenvalue weighted by Gasteiger charge is 2.64. The van der Waals surface area contributed by atoms with E-state index < -0.39 is 11.5 Å². The summed E-state index contributed by atoms with van der Waals surface area (Å²) in [6, 6.07) is 4.36. The lowest BCUT2D eigenvalue weighted by atomic mass is 9.53. The fraction of sp³-hybridized carbons (Fsp3) is 0.591. The Morgan fingerprint density at radius 1 is 1.33 bits per heavy atom. The van der Waals surface area contributed by atoms with E-state index in [0.29, 0.717) is 23.5 Å². The molecule has 2 aliphatic heterocycles. The van der Waals surface area contributed by atoms with E-state index in [2.05, 4.69) is 24.1 Å². The molecule has 5 unspecified atom stereocenters. The summed E-state index contributed by atoms with van der Waals surface area (Å²) in [7, 11) is 2.19. The van der Waals surface area contributed by atoms with Crippen LogP contribution in [-0.2, 0) is 16.6 Å². The number of rotatable bonds is 1. The molecule has 1 fully saturated rings. The molecule has 2 heterocycles. The largest absolute Gasteiger partial charge is 0.482 e. The summed E-state index contributed by atoms with van der Waals surface area (Å²) < 4.78 is 12.1. The number of aliphatic hydroxyl groups is 1. The van der Waals surface area contributed by atoms with E-state index in [9.17, 15) is 9.90 Å². The Morgan fingerprint density at radius 2 is 2.11 bits per heavy atom. The Hall–Kier alpha value is -1.85. The maximum atomic E-state index is 12.5. The average molecular weight is 369 g/mol. The summed E-state index contributed by atoms with van der Waals surface area (Å²) in [6.07, 6.45) is 5.01. The lowest BCUT2D eigenvalue weighted by Crippen LogP contribution is -2.64. The van der Waals surface area contributed by atoms with Crippen LogP contribution in [0.25, 0.3) is 0 Å². The first-order valence-corrected chi connectivity index (χ1v) is 9.85. The third-order valence-corrected chi connectivity index (χ3v) is 6.95. The van der Waals surface area contributed by atoms with Gasteiger partial charge in [0.2, 0.25) is 0 Å². The van der Waals surface area contributed by atoms with Gasteiger partial charge in [-0.15, -0.1) is 0 Å². The monoisotopic (exact) mass is 369 g/mol. The molecule has 2 bridgehead atoms. The number of carbonyl (C=O) groups is 1. The summed E-state index contributed by atoms with van der Waals surface area (Å²) in [6.45, 7) is 6.51.